The average molecular weight is 264 g/mol. The van der Waals surface area contributed by atoms with Gasteiger partial charge in [-0.2, -0.15) is 0 Å². The highest BCUT2D eigenvalue weighted by molar-refractivity contribution is 5.97. The standard InChI is InChI=1S/C14H20N2O3/c1-10-5-4-6-12(11(10)2)14(18)16-9-13(17)15-7-8-19-3/h4-6H,7-9H2,1-3H3,(H,15,17)(H,16,18). The Hall–Kier alpha value is -1.88. The van der Waals surface area contributed by atoms with Gasteiger partial charge in [0.05, 0.1) is 13.2 Å². The minimum absolute atomic E-state index is 0.0318. The van der Waals surface area contributed by atoms with Crippen LogP contribution in [0.3, 0.4) is 0 Å². The number of ether oxygens (including phenoxy) is 1. The second-order valence-corrected chi connectivity index (χ2v) is 4.27. The molecule has 0 atom stereocenters. The predicted octanol–water partition coefficient (Wildman–Crippen LogP) is 0.796. The zero-order valence-electron chi connectivity index (χ0n) is 11.6. The molecular formula is C14H20N2O3. The summed E-state index contributed by atoms with van der Waals surface area (Å²) in [7, 11) is 1.56. The van der Waals surface area contributed by atoms with E-state index in [1.807, 2.05) is 26.0 Å². The van der Waals surface area contributed by atoms with E-state index in [4.69, 9.17) is 4.74 Å². The van der Waals surface area contributed by atoms with Crippen molar-refractivity contribution in [2.75, 3.05) is 26.8 Å². The van der Waals surface area contributed by atoms with Crippen molar-refractivity contribution in [2.24, 2.45) is 0 Å². The molecule has 1 aromatic rings. The fourth-order valence-electron chi connectivity index (χ4n) is 1.61. The molecule has 104 valence electrons. The van der Waals surface area contributed by atoms with Crippen molar-refractivity contribution in [1.29, 1.82) is 0 Å². The molecule has 0 spiro atoms. The summed E-state index contributed by atoms with van der Waals surface area (Å²) in [6.45, 7) is 4.70. The van der Waals surface area contributed by atoms with Crippen molar-refractivity contribution in [3.05, 3.63) is 34.9 Å². The number of carbonyl (C=O) groups is 2. The number of nitrogens with one attached hydrogen (secondary N) is 2. The smallest absolute Gasteiger partial charge is 0.251 e. The lowest BCUT2D eigenvalue weighted by Gasteiger charge is -2.09. The zero-order chi connectivity index (χ0) is 14.3. The number of hydrogen-bond donors (Lipinski definition) is 2. The molecule has 0 radical (unpaired) electrons. The second kappa shape index (κ2) is 7.53. The Morgan fingerprint density at radius 1 is 1.21 bits per heavy atom. The largest absolute Gasteiger partial charge is 0.383 e. The van der Waals surface area contributed by atoms with Crippen LogP contribution in [0.4, 0.5) is 0 Å². The second-order valence-electron chi connectivity index (χ2n) is 4.27. The lowest BCUT2D eigenvalue weighted by Crippen LogP contribution is -2.38. The number of methoxy groups -OCH3 is 1. The number of amides is 2. The Kier molecular flexibility index (Phi) is 6.02. The van der Waals surface area contributed by atoms with E-state index in [2.05, 4.69) is 10.6 Å². The molecule has 0 aliphatic rings. The number of rotatable bonds is 6. The van der Waals surface area contributed by atoms with E-state index in [0.717, 1.165) is 11.1 Å². The van der Waals surface area contributed by atoms with Gasteiger partial charge in [-0.15, -0.1) is 0 Å². The summed E-state index contributed by atoms with van der Waals surface area (Å²) in [5, 5.41) is 5.24. The van der Waals surface area contributed by atoms with Crippen molar-refractivity contribution in [3.8, 4) is 0 Å². The molecule has 0 fully saturated rings. The molecule has 1 rings (SSSR count). The van der Waals surface area contributed by atoms with Crippen LogP contribution in [0.15, 0.2) is 18.2 Å². The molecule has 0 aromatic heterocycles. The summed E-state index contributed by atoms with van der Waals surface area (Å²) < 4.78 is 4.81. The molecule has 0 heterocycles. The van der Waals surface area contributed by atoms with Crippen LogP contribution < -0.4 is 10.6 Å². The Balaban J connectivity index is 2.47. The first-order valence-electron chi connectivity index (χ1n) is 6.16. The van der Waals surface area contributed by atoms with Crippen molar-refractivity contribution in [3.63, 3.8) is 0 Å². The Morgan fingerprint density at radius 2 is 1.95 bits per heavy atom. The molecule has 0 aliphatic heterocycles. The van der Waals surface area contributed by atoms with Crippen LogP contribution in [0.5, 0.6) is 0 Å². The minimum Gasteiger partial charge on any atom is -0.383 e. The maximum absolute atomic E-state index is 11.9. The molecule has 0 unspecified atom stereocenters. The minimum atomic E-state index is -0.233. The molecule has 1 aromatic carbocycles. The van der Waals surface area contributed by atoms with E-state index in [1.54, 1.807) is 13.2 Å². The summed E-state index contributed by atoms with van der Waals surface area (Å²) in [6.07, 6.45) is 0. The van der Waals surface area contributed by atoms with Gasteiger partial charge in [0.25, 0.3) is 5.91 Å². The van der Waals surface area contributed by atoms with Gasteiger partial charge in [-0.05, 0) is 31.0 Å². The molecule has 0 saturated heterocycles. The first kappa shape index (κ1) is 15.2. The molecule has 5 heteroatoms. The maximum atomic E-state index is 11.9. The van der Waals surface area contributed by atoms with Gasteiger partial charge in [-0.25, -0.2) is 0 Å². The van der Waals surface area contributed by atoms with Gasteiger partial charge in [0.1, 0.15) is 0 Å². The highest BCUT2D eigenvalue weighted by atomic mass is 16.5. The van der Waals surface area contributed by atoms with E-state index >= 15 is 0 Å². The lowest BCUT2D eigenvalue weighted by atomic mass is 10.0. The monoisotopic (exact) mass is 264 g/mol. The number of hydrogen-bond acceptors (Lipinski definition) is 3. The summed E-state index contributed by atoms with van der Waals surface area (Å²) in [5.41, 5.74) is 2.58. The van der Waals surface area contributed by atoms with Gasteiger partial charge in [0.15, 0.2) is 0 Å². The van der Waals surface area contributed by atoms with Crippen LogP contribution in [0, 0.1) is 13.8 Å². The van der Waals surface area contributed by atoms with E-state index in [0.29, 0.717) is 18.7 Å². The molecular weight excluding hydrogens is 244 g/mol. The topological polar surface area (TPSA) is 67.4 Å². The zero-order valence-corrected chi connectivity index (χ0v) is 11.6. The lowest BCUT2D eigenvalue weighted by molar-refractivity contribution is -0.120. The van der Waals surface area contributed by atoms with E-state index in [-0.39, 0.29) is 18.4 Å². The van der Waals surface area contributed by atoms with E-state index in [1.165, 1.54) is 0 Å². The third-order valence-electron chi connectivity index (χ3n) is 2.89. The quantitative estimate of drug-likeness (QED) is 0.747. The van der Waals surface area contributed by atoms with Gasteiger partial charge < -0.3 is 15.4 Å². The van der Waals surface area contributed by atoms with Crippen molar-refractivity contribution >= 4 is 11.8 Å². The predicted molar refractivity (Wildman–Crippen MR) is 73.1 cm³/mol. The van der Waals surface area contributed by atoms with Crippen LogP contribution in [0.2, 0.25) is 0 Å². The molecule has 2 N–H and O–H groups in total. The Bertz CT molecular complexity index is 458. The van der Waals surface area contributed by atoms with Crippen molar-refractivity contribution in [2.45, 2.75) is 13.8 Å². The van der Waals surface area contributed by atoms with E-state index < -0.39 is 0 Å². The normalized spacial score (nSPS) is 10.1. The summed E-state index contributed by atoms with van der Waals surface area (Å²) in [6, 6.07) is 5.53. The third-order valence-corrected chi connectivity index (χ3v) is 2.89. The summed E-state index contributed by atoms with van der Waals surface area (Å²) in [5.74, 6) is -0.459. The molecule has 2 amide bonds. The van der Waals surface area contributed by atoms with Gasteiger partial charge in [0, 0.05) is 19.2 Å². The number of benzene rings is 1. The highest BCUT2D eigenvalue weighted by Crippen LogP contribution is 2.12. The Morgan fingerprint density at radius 3 is 2.63 bits per heavy atom. The van der Waals surface area contributed by atoms with Gasteiger partial charge in [-0.3, -0.25) is 9.59 Å². The van der Waals surface area contributed by atoms with Crippen LogP contribution in [-0.4, -0.2) is 38.6 Å². The molecule has 5 nitrogen and oxygen atoms in total. The van der Waals surface area contributed by atoms with Crippen molar-refractivity contribution < 1.29 is 14.3 Å². The van der Waals surface area contributed by atoms with Crippen LogP contribution in [0.25, 0.3) is 0 Å². The average Bonchev–Trinajstić information content (AvgIpc) is 2.39. The van der Waals surface area contributed by atoms with Crippen LogP contribution in [-0.2, 0) is 9.53 Å². The SMILES string of the molecule is COCCNC(=O)CNC(=O)c1cccc(C)c1C. The number of carbonyl (C=O) groups excluding carboxylic acids is 2. The highest BCUT2D eigenvalue weighted by Gasteiger charge is 2.11. The van der Waals surface area contributed by atoms with Gasteiger partial charge in [0.2, 0.25) is 5.91 Å². The third kappa shape index (κ3) is 4.71. The Labute approximate surface area is 113 Å². The fraction of sp³-hybridized carbons (Fsp3) is 0.429. The number of aryl methyl sites for hydroxylation is 1. The molecule has 0 aliphatic carbocycles. The molecule has 19 heavy (non-hydrogen) atoms. The molecule has 0 bridgehead atoms. The first-order chi connectivity index (χ1) is 9.06. The molecule has 0 saturated carbocycles. The van der Waals surface area contributed by atoms with E-state index in [9.17, 15) is 9.59 Å². The van der Waals surface area contributed by atoms with Crippen molar-refractivity contribution in [1.82, 2.24) is 10.6 Å². The van der Waals surface area contributed by atoms with Crippen LogP contribution in [0.1, 0.15) is 21.5 Å². The summed E-state index contributed by atoms with van der Waals surface area (Å²) in [4.78, 5) is 23.4. The fourth-order valence-corrected chi connectivity index (χ4v) is 1.61. The van der Waals surface area contributed by atoms with Crippen LogP contribution >= 0.6 is 0 Å². The first-order valence-corrected chi connectivity index (χ1v) is 6.16. The maximum Gasteiger partial charge on any atom is 0.251 e. The van der Waals surface area contributed by atoms with Gasteiger partial charge in [-0.1, -0.05) is 12.1 Å². The van der Waals surface area contributed by atoms with Gasteiger partial charge >= 0.3 is 0 Å². The summed E-state index contributed by atoms with van der Waals surface area (Å²) >= 11 is 0.